The molecule has 11 heavy (non-hydrogen) atoms. The van der Waals surface area contributed by atoms with Gasteiger partial charge in [0.05, 0.1) is 7.11 Å². The van der Waals surface area contributed by atoms with E-state index in [-0.39, 0.29) is 0 Å². The van der Waals surface area contributed by atoms with Gasteiger partial charge in [-0.3, -0.25) is 0 Å². The second kappa shape index (κ2) is 3.22. The van der Waals surface area contributed by atoms with E-state index in [4.69, 9.17) is 4.74 Å². The fraction of sp³-hybridized carbons (Fsp3) is 0.375. The molecule has 0 aliphatic heterocycles. The van der Waals surface area contributed by atoms with Gasteiger partial charge in [-0.05, 0) is 35.3 Å². The van der Waals surface area contributed by atoms with E-state index >= 15 is 0 Å². The van der Waals surface area contributed by atoms with Crippen molar-refractivity contribution in [3.8, 4) is 5.88 Å². The number of pyridine rings is 1. The van der Waals surface area contributed by atoms with Crippen LogP contribution in [0, 0.1) is 13.8 Å². The van der Waals surface area contributed by atoms with Crippen molar-refractivity contribution >= 4 is 15.9 Å². The Hall–Kier alpha value is -0.570. The van der Waals surface area contributed by atoms with Gasteiger partial charge in [-0.25, -0.2) is 4.98 Å². The molecule has 0 unspecified atom stereocenters. The van der Waals surface area contributed by atoms with E-state index in [1.807, 2.05) is 13.8 Å². The first-order valence-electron chi connectivity index (χ1n) is 3.32. The first kappa shape index (κ1) is 8.53. The average Bonchev–Trinajstić information content (AvgIpc) is 2.01. The molecular formula is C8H10BrNO. The zero-order valence-electron chi connectivity index (χ0n) is 6.81. The minimum Gasteiger partial charge on any atom is -0.481 e. The van der Waals surface area contributed by atoms with Crippen molar-refractivity contribution in [3.05, 3.63) is 21.8 Å². The average molecular weight is 216 g/mol. The maximum atomic E-state index is 5.04. The molecule has 0 aromatic carbocycles. The highest BCUT2D eigenvalue weighted by Gasteiger charge is 2.05. The summed E-state index contributed by atoms with van der Waals surface area (Å²) in [4.78, 5) is 4.10. The second-order valence-corrected chi connectivity index (χ2v) is 3.18. The normalized spacial score (nSPS) is 9.82. The molecule has 0 aliphatic rings. The molecule has 1 heterocycles. The number of hydrogen-bond acceptors (Lipinski definition) is 2. The number of halogens is 1. The van der Waals surface area contributed by atoms with Crippen LogP contribution in [0.1, 0.15) is 11.1 Å². The Kier molecular flexibility index (Phi) is 2.49. The largest absolute Gasteiger partial charge is 0.481 e. The third kappa shape index (κ3) is 1.53. The highest BCUT2D eigenvalue weighted by atomic mass is 79.9. The predicted octanol–water partition coefficient (Wildman–Crippen LogP) is 2.47. The molecule has 0 radical (unpaired) electrons. The fourth-order valence-electron chi connectivity index (χ4n) is 0.904. The van der Waals surface area contributed by atoms with Crippen LogP contribution in [0.2, 0.25) is 0 Å². The number of ether oxygens (including phenoxy) is 1. The first-order valence-corrected chi connectivity index (χ1v) is 4.11. The van der Waals surface area contributed by atoms with Crippen molar-refractivity contribution < 1.29 is 4.74 Å². The van der Waals surface area contributed by atoms with Crippen LogP contribution in [0.5, 0.6) is 5.88 Å². The van der Waals surface area contributed by atoms with Crippen molar-refractivity contribution in [2.75, 3.05) is 7.11 Å². The van der Waals surface area contributed by atoms with E-state index < -0.39 is 0 Å². The quantitative estimate of drug-likeness (QED) is 0.719. The lowest BCUT2D eigenvalue weighted by Gasteiger charge is -2.06. The molecule has 0 amide bonds. The minimum atomic E-state index is 0.683. The third-order valence-electron chi connectivity index (χ3n) is 1.57. The minimum absolute atomic E-state index is 0.683. The molecule has 0 atom stereocenters. The van der Waals surface area contributed by atoms with Crippen LogP contribution in [-0.2, 0) is 0 Å². The third-order valence-corrected chi connectivity index (χ3v) is 2.79. The lowest BCUT2D eigenvalue weighted by Crippen LogP contribution is -1.93. The van der Waals surface area contributed by atoms with Crippen molar-refractivity contribution in [1.82, 2.24) is 4.98 Å². The summed E-state index contributed by atoms with van der Waals surface area (Å²) in [5, 5.41) is 0. The molecule has 1 aromatic rings. The molecule has 0 fully saturated rings. The van der Waals surface area contributed by atoms with Crippen LogP contribution >= 0.6 is 15.9 Å². The van der Waals surface area contributed by atoms with Crippen LogP contribution in [0.25, 0.3) is 0 Å². The van der Waals surface area contributed by atoms with E-state index in [9.17, 15) is 0 Å². The van der Waals surface area contributed by atoms with Gasteiger partial charge in [-0.15, -0.1) is 0 Å². The summed E-state index contributed by atoms with van der Waals surface area (Å²) in [6.45, 7) is 3.98. The van der Waals surface area contributed by atoms with Crippen molar-refractivity contribution in [3.63, 3.8) is 0 Å². The van der Waals surface area contributed by atoms with Gasteiger partial charge in [0.15, 0.2) is 0 Å². The number of aryl methyl sites for hydroxylation is 1. The highest BCUT2D eigenvalue weighted by molar-refractivity contribution is 9.10. The molecule has 0 N–H and O–H groups in total. The Morgan fingerprint density at radius 2 is 2.09 bits per heavy atom. The number of methoxy groups -OCH3 is 1. The van der Waals surface area contributed by atoms with Crippen molar-refractivity contribution in [1.29, 1.82) is 0 Å². The monoisotopic (exact) mass is 215 g/mol. The van der Waals surface area contributed by atoms with Gasteiger partial charge < -0.3 is 4.74 Å². The van der Waals surface area contributed by atoms with Crippen LogP contribution in [0.3, 0.4) is 0 Å². The van der Waals surface area contributed by atoms with Gasteiger partial charge >= 0.3 is 0 Å². The van der Waals surface area contributed by atoms with E-state index in [1.54, 1.807) is 13.3 Å². The van der Waals surface area contributed by atoms with Crippen molar-refractivity contribution in [2.45, 2.75) is 13.8 Å². The molecule has 3 heteroatoms. The van der Waals surface area contributed by atoms with E-state index in [0.717, 1.165) is 15.6 Å². The molecule has 1 rings (SSSR count). The zero-order chi connectivity index (χ0) is 8.43. The summed E-state index contributed by atoms with van der Waals surface area (Å²) >= 11 is 3.45. The maximum Gasteiger partial charge on any atom is 0.217 e. The molecule has 0 saturated carbocycles. The summed E-state index contributed by atoms with van der Waals surface area (Å²) < 4.78 is 6.11. The van der Waals surface area contributed by atoms with E-state index in [2.05, 4.69) is 20.9 Å². The van der Waals surface area contributed by atoms with Crippen LogP contribution in [0.4, 0.5) is 0 Å². The van der Waals surface area contributed by atoms with Crippen LogP contribution < -0.4 is 4.74 Å². The smallest absolute Gasteiger partial charge is 0.217 e. The number of nitrogens with zero attached hydrogens (tertiary/aromatic N) is 1. The topological polar surface area (TPSA) is 22.1 Å². The maximum absolute atomic E-state index is 5.04. The highest BCUT2D eigenvalue weighted by Crippen LogP contribution is 2.25. The van der Waals surface area contributed by atoms with Crippen LogP contribution in [0.15, 0.2) is 10.7 Å². The number of aromatic nitrogens is 1. The molecule has 2 nitrogen and oxygen atoms in total. The van der Waals surface area contributed by atoms with Gasteiger partial charge in [0.25, 0.3) is 0 Å². The first-order chi connectivity index (χ1) is 5.16. The van der Waals surface area contributed by atoms with Gasteiger partial charge in [0, 0.05) is 16.2 Å². The molecule has 0 saturated heterocycles. The van der Waals surface area contributed by atoms with Gasteiger partial charge in [-0.2, -0.15) is 0 Å². The summed E-state index contributed by atoms with van der Waals surface area (Å²) in [6, 6.07) is 0. The summed E-state index contributed by atoms with van der Waals surface area (Å²) in [5.74, 6) is 0.683. The Bertz CT molecular complexity index is 273. The van der Waals surface area contributed by atoms with E-state index in [1.165, 1.54) is 0 Å². The summed E-state index contributed by atoms with van der Waals surface area (Å²) in [6.07, 6.45) is 1.79. The number of hydrogen-bond donors (Lipinski definition) is 0. The second-order valence-electron chi connectivity index (χ2n) is 2.39. The SMILES string of the molecule is COc1ncc(C)c(Br)c1C. The molecule has 0 spiro atoms. The summed E-state index contributed by atoms with van der Waals surface area (Å²) in [5.41, 5.74) is 2.18. The Morgan fingerprint density at radius 3 is 2.64 bits per heavy atom. The van der Waals surface area contributed by atoms with Crippen LogP contribution in [-0.4, -0.2) is 12.1 Å². The molecule has 60 valence electrons. The lowest BCUT2D eigenvalue weighted by atomic mass is 10.2. The number of rotatable bonds is 1. The van der Waals surface area contributed by atoms with Gasteiger partial charge in [0.2, 0.25) is 5.88 Å². The molecule has 0 bridgehead atoms. The van der Waals surface area contributed by atoms with Gasteiger partial charge in [0.1, 0.15) is 0 Å². The fourth-order valence-corrected chi connectivity index (χ4v) is 1.18. The molecule has 0 aliphatic carbocycles. The Labute approximate surface area is 74.7 Å². The predicted molar refractivity (Wildman–Crippen MR) is 48.0 cm³/mol. The summed E-state index contributed by atoms with van der Waals surface area (Å²) in [7, 11) is 1.62. The van der Waals surface area contributed by atoms with E-state index in [0.29, 0.717) is 5.88 Å². The molecular weight excluding hydrogens is 206 g/mol. The van der Waals surface area contributed by atoms with Gasteiger partial charge in [-0.1, -0.05) is 0 Å². The lowest BCUT2D eigenvalue weighted by molar-refractivity contribution is 0.394. The molecule has 1 aromatic heterocycles. The Morgan fingerprint density at radius 1 is 1.45 bits per heavy atom. The Balaban J connectivity index is 3.25. The van der Waals surface area contributed by atoms with Crippen molar-refractivity contribution in [2.24, 2.45) is 0 Å². The zero-order valence-corrected chi connectivity index (χ0v) is 8.40. The standard InChI is InChI=1S/C8H10BrNO/c1-5-4-10-8(11-3)6(2)7(5)9/h4H,1-3H3.